The van der Waals surface area contributed by atoms with Crippen molar-refractivity contribution in [2.75, 3.05) is 26.2 Å². The molecule has 1 aromatic rings. The van der Waals surface area contributed by atoms with Gasteiger partial charge in [-0.05, 0) is 32.3 Å². The predicted molar refractivity (Wildman–Crippen MR) is 106 cm³/mol. The molecule has 0 bridgehead atoms. The molecule has 0 aromatic heterocycles. The van der Waals surface area contributed by atoms with Gasteiger partial charge in [0.25, 0.3) is 5.91 Å². The number of amides is 3. The first-order valence-electron chi connectivity index (χ1n) is 10.2. The third-order valence-electron chi connectivity index (χ3n) is 5.92. The number of urea groups is 1. The number of aliphatic hydroxyl groups is 1. The molecule has 2 saturated heterocycles. The summed E-state index contributed by atoms with van der Waals surface area (Å²) in [6.07, 6.45) is -0.624. The summed E-state index contributed by atoms with van der Waals surface area (Å²) in [4.78, 5) is 41.3. The van der Waals surface area contributed by atoms with Crippen LogP contribution in [0.3, 0.4) is 0 Å². The summed E-state index contributed by atoms with van der Waals surface area (Å²) in [6.45, 7) is 5.36. The molecule has 2 N–H and O–H groups in total. The van der Waals surface area contributed by atoms with Crippen LogP contribution in [0.5, 0.6) is 0 Å². The molecule has 2 fully saturated rings. The lowest BCUT2D eigenvalue weighted by Crippen LogP contribution is -2.59. The highest BCUT2D eigenvalue weighted by Crippen LogP contribution is 2.45. The van der Waals surface area contributed by atoms with Crippen LogP contribution in [0.25, 0.3) is 0 Å². The van der Waals surface area contributed by atoms with Crippen molar-refractivity contribution in [3.63, 3.8) is 0 Å². The van der Waals surface area contributed by atoms with Crippen LogP contribution in [0.2, 0.25) is 0 Å². The zero-order valence-electron chi connectivity index (χ0n) is 17.0. The van der Waals surface area contributed by atoms with E-state index in [4.69, 9.17) is 4.74 Å². The fourth-order valence-electron chi connectivity index (χ4n) is 4.51. The number of piperidine rings is 1. The summed E-state index contributed by atoms with van der Waals surface area (Å²) in [7, 11) is 0. The molecule has 158 valence electrons. The molecule has 1 spiro atoms. The van der Waals surface area contributed by atoms with Gasteiger partial charge in [0.1, 0.15) is 12.0 Å². The lowest BCUT2D eigenvalue weighted by molar-refractivity contribution is -0.156. The maximum atomic E-state index is 13.0. The first kappa shape index (κ1) is 21.1. The van der Waals surface area contributed by atoms with Gasteiger partial charge in [-0.15, -0.1) is 0 Å². The van der Waals surface area contributed by atoms with E-state index in [-0.39, 0.29) is 12.6 Å². The molecule has 2 atom stereocenters. The van der Waals surface area contributed by atoms with Crippen molar-refractivity contribution in [1.29, 1.82) is 0 Å². The number of nitrogens with zero attached hydrogens (tertiary/aromatic N) is 2. The molecule has 0 radical (unpaired) electrons. The van der Waals surface area contributed by atoms with Crippen molar-refractivity contribution >= 4 is 17.9 Å². The number of esters is 1. The van der Waals surface area contributed by atoms with Crippen LogP contribution in [0.15, 0.2) is 30.3 Å². The highest BCUT2D eigenvalue weighted by molar-refractivity contribution is 5.93. The summed E-state index contributed by atoms with van der Waals surface area (Å²) < 4.78 is 5.21. The maximum Gasteiger partial charge on any atom is 0.317 e. The van der Waals surface area contributed by atoms with Gasteiger partial charge < -0.3 is 25.0 Å². The molecule has 0 saturated carbocycles. The number of likely N-dealkylation sites (tertiary alicyclic amines) is 2. The second-order valence-corrected chi connectivity index (χ2v) is 7.51. The Balaban J connectivity index is 1.91. The monoisotopic (exact) mass is 403 g/mol. The average Bonchev–Trinajstić information content (AvgIpc) is 2.91. The fourth-order valence-corrected chi connectivity index (χ4v) is 4.51. The minimum atomic E-state index is -1.44. The summed E-state index contributed by atoms with van der Waals surface area (Å²) in [5.74, 6) is -1.98. The van der Waals surface area contributed by atoms with E-state index in [1.807, 2.05) is 37.3 Å². The fraction of sp³-hybridized carbons (Fsp3) is 0.571. The summed E-state index contributed by atoms with van der Waals surface area (Å²) in [6, 6.07) is 9.34. The number of nitrogens with one attached hydrogen (secondary N) is 1. The molecule has 2 aliphatic heterocycles. The molecule has 1 aromatic carbocycles. The van der Waals surface area contributed by atoms with Crippen LogP contribution in [-0.4, -0.2) is 70.7 Å². The van der Waals surface area contributed by atoms with Gasteiger partial charge in [-0.1, -0.05) is 30.3 Å². The number of rotatable bonds is 5. The quantitative estimate of drug-likeness (QED) is 0.718. The zero-order valence-corrected chi connectivity index (χ0v) is 17.0. The van der Waals surface area contributed by atoms with Gasteiger partial charge in [0.05, 0.1) is 12.1 Å². The van der Waals surface area contributed by atoms with Crippen molar-refractivity contribution in [3.8, 4) is 0 Å². The highest BCUT2D eigenvalue weighted by atomic mass is 16.5. The summed E-state index contributed by atoms with van der Waals surface area (Å²) >= 11 is 0. The molecule has 0 unspecified atom stereocenters. The second kappa shape index (κ2) is 8.82. The van der Waals surface area contributed by atoms with Crippen LogP contribution < -0.4 is 5.32 Å². The van der Waals surface area contributed by atoms with Crippen LogP contribution in [0.1, 0.15) is 32.3 Å². The van der Waals surface area contributed by atoms with E-state index in [1.165, 1.54) is 0 Å². The molecule has 8 heteroatoms. The molecule has 8 nitrogen and oxygen atoms in total. The molecule has 3 rings (SSSR count). The molecule has 0 aliphatic carbocycles. The minimum Gasteiger partial charge on any atom is -0.466 e. The van der Waals surface area contributed by atoms with E-state index in [1.54, 1.807) is 16.7 Å². The van der Waals surface area contributed by atoms with Crippen LogP contribution >= 0.6 is 0 Å². The summed E-state index contributed by atoms with van der Waals surface area (Å²) in [5, 5.41) is 13.5. The van der Waals surface area contributed by atoms with Gasteiger partial charge in [0.15, 0.2) is 0 Å². The third kappa shape index (κ3) is 3.94. The largest absolute Gasteiger partial charge is 0.466 e. The Bertz CT molecular complexity index is 746. The predicted octanol–water partition coefficient (Wildman–Crippen LogP) is 1.13. The molecule has 29 heavy (non-hydrogen) atoms. The Kier molecular flexibility index (Phi) is 6.42. The van der Waals surface area contributed by atoms with E-state index in [0.717, 1.165) is 5.56 Å². The lowest BCUT2D eigenvalue weighted by Gasteiger charge is -2.46. The summed E-state index contributed by atoms with van der Waals surface area (Å²) in [5.41, 5.74) is 0.0461. The second-order valence-electron chi connectivity index (χ2n) is 7.51. The van der Waals surface area contributed by atoms with Crippen LogP contribution in [-0.2, 0) is 20.9 Å². The Labute approximate surface area is 170 Å². The van der Waals surface area contributed by atoms with Crippen molar-refractivity contribution in [2.45, 2.75) is 44.9 Å². The maximum absolute atomic E-state index is 13.0. The van der Waals surface area contributed by atoms with E-state index in [9.17, 15) is 19.5 Å². The molecule has 2 heterocycles. The van der Waals surface area contributed by atoms with E-state index < -0.39 is 29.4 Å². The average molecular weight is 403 g/mol. The Morgan fingerprint density at radius 1 is 1.21 bits per heavy atom. The van der Waals surface area contributed by atoms with Crippen molar-refractivity contribution in [1.82, 2.24) is 15.1 Å². The first-order valence-corrected chi connectivity index (χ1v) is 10.2. The van der Waals surface area contributed by atoms with Gasteiger partial charge in [0, 0.05) is 26.2 Å². The van der Waals surface area contributed by atoms with Gasteiger partial charge in [-0.3, -0.25) is 9.59 Å². The van der Waals surface area contributed by atoms with Gasteiger partial charge >= 0.3 is 12.0 Å². The minimum absolute atomic E-state index is 0.158. The number of aliphatic hydroxyl groups excluding tert-OH is 1. The Hall–Kier alpha value is -2.61. The van der Waals surface area contributed by atoms with E-state index in [0.29, 0.717) is 39.0 Å². The normalized spacial score (nSPS) is 23.3. The van der Waals surface area contributed by atoms with Gasteiger partial charge in [-0.2, -0.15) is 0 Å². The van der Waals surface area contributed by atoms with Crippen molar-refractivity contribution in [3.05, 3.63) is 35.9 Å². The third-order valence-corrected chi connectivity index (χ3v) is 5.92. The van der Waals surface area contributed by atoms with Crippen LogP contribution in [0, 0.1) is 5.92 Å². The SMILES string of the molecule is CCNC(=O)N1CCC2(CC1)[C@@H](C(=O)OCC)[C@@H](O)C(=O)N2Cc1ccccc1. The van der Waals surface area contributed by atoms with Gasteiger partial charge in [0.2, 0.25) is 0 Å². The number of carbonyl (C=O) groups is 3. The molecular weight excluding hydrogens is 374 g/mol. The number of benzene rings is 1. The highest BCUT2D eigenvalue weighted by Gasteiger charge is 2.62. The van der Waals surface area contributed by atoms with Crippen LogP contribution in [0.4, 0.5) is 4.79 Å². The Morgan fingerprint density at radius 3 is 2.45 bits per heavy atom. The Morgan fingerprint density at radius 2 is 1.86 bits per heavy atom. The molecular formula is C21H29N3O5. The topological polar surface area (TPSA) is 99.2 Å². The van der Waals surface area contributed by atoms with Crippen molar-refractivity contribution < 1.29 is 24.2 Å². The smallest absolute Gasteiger partial charge is 0.317 e. The zero-order chi connectivity index (χ0) is 21.0. The van der Waals surface area contributed by atoms with Gasteiger partial charge in [-0.25, -0.2) is 4.79 Å². The standard InChI is InChI=1S/C21H29N3O5/c1-3-22-20(28)23-12-10-21(11-13-23)16(19(27)29-4-2)17(25)18(26)24(21)14-15-8-6-5-7-9-15/h5-9,16-17,25H,3-4,10-14H2,1-2H3,(H,22,28)/t16-,17-/m1/s1. The number of ether oxygens (including phenoxy) is 1. The first-order chi connectivity index (χ1) is 13.9. The molecule has 2 aliphatic rings. The number of hydrogen-bond acceptors (Lipinski definition) is 5. The molecule has 3 amide bonds. The number of hydrogen-bond donors (Lipinski definition) is 2. The lowest BCUT2D eigenvalue weighted by atomic mass is 9.76. The van der Waals surface area contributed by atoms with Crippen molar-refractivity contribution in [2.24, 2.45) is 5.92 Å². The number of carbonyl (C=O) groups excluding carboxylic acids is 3. The van der Waals surface area contributed by atoms with E-state index in [2.05, 4.69) is 5.32 Å². The van der Waals surface area contributed by atoms with E-state index >= 15 is 0 Å².